The average molecular weight is 477 g/mol. The fraction of sp³-hybridized carbons (Fsp3) is 0.481. The fourth-order valence-electron chi connectivity index (χ4n) is 4.80. The second-order valence-corrected chi connectivity index (χ2v) is 10.1. The molecule has 1 aromatic heterocycles. The molecule has 0 saturated carbocycles. The lowest BCUT2D eigenvalue weighted by atomic mass is 10.0. The van der Waals surface area contributed by atoms with E-state index in [1.165, 1.54) is 0 Å². The van der Waals surface area contributed by atoms with Crippen molar-refractivity contribution in [1.82, 2.24) is 29.9 Å². The van der Waals surface area contributed by atoms with Gasteiger partial charge < -0.3 is 19.7 Å². The molecular formula is C27H36N6O2. The Morgan fingerprint density at radius 1 is 1.03 bits per heavy atom. The highest BCUT2D eigenvalue weighted by atomic mass is 16.2. The molecule has 1 aliphatic heterocycles. The molecule has 0 bridgehead atoms. The van der Waals surface area contributed by atoms with Gasteiger partial charge in [0.1, 0.15) is 5.82 Å². The molecule has 4 rings (SSSR count). The Morgan fingerprint density at radius 2 is 1.80 bits per heavy atom. The first-order chi connectivity index (χ1) is 16.8. The van der Waals surface area contributed by atoms with Gasteiger partial charge in [-0.3, -0.25) is 9.59 Å². The standard InChI is InChI=1S/C27H36N6O2/c1-19(2)16-23(28-25(34)18-31(3)4)27-30-29-24-12-13-32(14-15-33(24)27)26(35)17-21-10-7-9-20-8-5-6-11-22(20)21/h5-11,19,23H,12-18H2,1-4H3,(H,28,34)/t23-/m0/s1. The van der Waals surface area contributed by atoms with E-state index in [0.29, 0.717) is 44.9 Å². The molecule has 0 aliphatic carbocycles. The van der Waals surface area contributed by atoms with Gasteiger partial charge in [-0.15, -0.1) is 10.2 Å². The lowest BCUT2D eigenvalue weighted by molar-refractivity contribution is -0.130. The van der Waals surface area contributed by atoms with E-state index in [-0.39, 0.29) is 17.9 Å². The Morgan fingerprint density at radius 3 is 2.57 bits per heavy atom. The quantitative estimate of drug-likeness (QED) is 0.541. The van der Waals surface area contributed by atoms with Crippen LogP contribution in [-0.4, -0.2) is 70.1 Å². The van der Waals surface area contributed by atoms with Crippen molar-refractivity contribution >= 4 is 22.6 Å². The maximum Gasteiger partial charge on any atom is 0.234 e. The van der Waals surface area contributed by atoms with Crippen molar-refractivity contribution in [2.24, 2.45) is 5.92 Å². The summed E-state index contributed by atoms with van der Waals surface area (Å²) >= 11 is 0. The maximum absolute atomic E-state index is 13.3. The summed E-state index contributed by atoms with van der Waals surface area (Å²) in [6, 6.07) is 14.1. The Balaban J connectivity index is 1.47. The number of likely N-dealkylation sites (N-methyl/N-ethyl adjacent to an activating group) is 1. The highest BCUT2D eigenvalue weighted by Crippen LogP contribution is 2.23. The first-order valence-corrected chi connectivity index (χ1v) is 12.4. The third-order valence-corrected chi connectivity index (χ3v) is 6.44. The van der Waals surface area contributed by atoms with Crippen LogP contribution in [0.3, 0.4) is 0 Å². The van der Waals surface area contributed by atoms with E-state index in [1.807, 2.05) is 48.2 Å². The van der Waals surface area contributed by atoms with Crippen molar-refractivity contribution in [2.75, 3.05) is 33.7 Å². The molecule has 1 aliphatic rings. The molecule has 8 nitrogen and oxygen atoms in total. The van der Waals surface area contributed by atoms with Gasteiger partial charge in [0.15, 0.2) is 5.82 Å². The van der Waals surface area contributed by atoms with E-state index in [0.717, 1.165) is 34.4 Å². The number of hydrogen-bond acceptors (Lipinski definition) is 5. The summed E-state index contributed by atoms with van der Waals surface area (Å²) < 4.78 is 2.11. The normalized spacial score (nSPS) is 14.7. The fourth-order valence-corrected chi connectivity index (χ4v) is 4.80. The van der Waals surface area contributed by atoms with Gasteiger partial charge >= 0.3 is 0 Å². The Kier molecular flexibility index (Phi) is 7.80. The molecule has 2 aromatic carbocycles. The van der Waals surface area contributed by atoms with Crippen LogP contribution in [0.2, 0.25) is 0 Å². The molecule has 2 amide bonds. The number of nitrogens with one attached hydrogen (secondary N) is 1. The van der Waals surface area contributed by atoms with Crippen LogP contribution >= 0.6 is 0 Å². The van der Waals surface area contributed by atoms with Crippen LogP contribution in [0.15, 0.2) is 42.5 Å². The van der Waals surface area contributed by atoms with Gasteiger partial charge in [-0.1, -0.05) is 56.3 Å². The topological polar surface area (TPSA) is 83.4 Å². The average Bonchev–Trinajstić information content (AvgIpc) is 3.09. The van der Waals surface area contributed by atoms with Gasteiger partial charge in [0.2, 0.25) is 11.8 Å². The van der Waals surface area contributed by atoms with Gasteiger partial charge in [0, 0.05) is 26.1 Å². The predicted molar refractivity (Wildman–Crippen MR) is 137 cm³/mol. The molecule has 0 radical (unpaired) electrons. The maximum atomic E-state index is 13.3. The number of hydrogen-bond donors (Lipinski definition) is 1. The monoisotopic (exact) mass is 476 g/mol. The minimum atomic E-state index is -0.207. The minimum Gasteiger partial charge on any atom is -0.345 e. The second-order valence-electron chi connectivity index (χ2n) is 10.1. The minimum absolute atomic E-state index is 0.0292. The molecule has 0 saturated heterocycles. The van der Waals surface area contributed by atoms with Gasteiger partial charge in [-0.25, -0.2) is 0 Å². The zero-order valence-electron chi connectivity index (χ0n) is 21.2. The van der Waals surface area contributed by atoms with Gasteiger partial charge in [-0.05, 0) is 42.8 Å². The number of fused-ring (bicyclic) bond motifs is 2. The van der Waals surface area contributed by atoms with Crippen molar-refractivity contribution < 1.29 is 9.59 Å². The molecule has 8 heteroatoms. The largest absolute Gasteiger partial charge is 0.345 e. The van der Waals surface area contributed by atoms with E-state index < -0.39 is 0 Å². The summed E-state index contributed by atoms with van der Waals surface area (Å²) in [5.74, 6) is 2.13. The number of benzene rings is 2. The van der Waals surface area contributed by atoms with Crippen LogP contribution in [0.1, 0.15) is 43.5 Å². The highest BCUT2D eigenvalue weighted by Gasteiger charge is 2.27. The van der Waals surface area contributed by atoms with E-state index in [2.05, 4.69) is 52.1 Å². The number of nitrogens with zero attached hydrogens (tertiary/aromatic N) is 5. The lowest BCUT2D eigenvalue weighted by Crippen LogP contribution is -2.38. The summed E-state index contributed by atoms with van der Waals surface area (Å²) in [5.41, 5.74) is 1.05. The zero-order chi connectivity index (χ0) is 24.9. The van der Waals surface area contributed by atoms with Crippen molar-refractivity contribution in [3.8, 4) is 0 Å². The number of amides is 2. The molecule has 0 spiro atoms. The second kappa shape index (κ2) is 11.0. The van der Waals surface area contributed by atoms with Crippen molar-refractivity contribution in [3.63, 3.8) is 0 Å². The molecule has 186 valence electrons. The molecule has 3 aromatic rings. The van der Waals surface area contributed by atoms with Crippen molar-refractivity contribution in [2.45, 2.75) is 45.7 Å². The third-order valence-electron chi connectivity index (χ3n) is 6.44. The molecule has 1 N–H and O–H groups in total. The number of carbonyl (C=O) groups is 2. The molecule has 2 heterocycles. The molecule has 35 heavy (non-hydrogen) atoms. The smallest absolute Gasteiger partial charge is 0.234 e. The summed E-state index contributed by atoms with van der Waals surface area (Å²) in [6.45, 7) is 6.44. The third kappa shape index (κ3) is 6.06. The van der Waals surface area contributed by atoms with Crippen LogP contribution in [0.4, 0.5) is 0 Å². The molecule has 0 fully saturated rings. The van der Waals surface area contributed by atoms with Crippen LogP contribution < -0.4 is 5.32 Å². The Hall–Kier alpha value is -3.26. The van der Waals surface area contributed by atoms with E-state index in [1.54, 1.807) is 0 Å². The van der Waals surface area contributed by atoms with E-state index in [9.17, 15) is 9.59 Å². The van der Waals surface area contributed by atoms with Gasteiger partial charge in [-0.2, -0.15) is 0 Å². The SMILES string of the molecule is CC(C)C[C@H](NC(=O)CN(C)C)c1nnc2n1CCN(C(=O)Cc1cccc3ccccc13)CC2. The van der Waals surface area contributed by atoms with E-state index >= 15 is 0 Å². The van der Waals surface area contributed by atoms with Gasteiger partial charge in [0.25, 0.3) is 0 Å². The lowest BCUT2D eigenvalue weighted by Gasteiger charge is -2.23. The molecule has 1 atom stereocenters. The number of rotatable bonds is 8. The summed E-state index contributed by atoms with van der Waals surface area (Å²) in [6.07, 6.45) is 1.81. The van der Waals surface area contributed by atoms with Crippen molar-refractivity contribution in [1.29, 1.82) is 0 Å². The molecule has 0 unspecified atom stereocenters. The first kappa shape index (κ1) is 24.9. The Labute approximate surface area is 207 Å². The van der Waals surface area contributed by atoms with Crippen LogP contribution in [0.5, 0.6) is 0 Å². The first-order valence-electron chi connectivity index (χ1n) is 12.4. The summed E-state index contributed by atoms with van der Waals surface area (Å²) in [4.78, 5) is 29.6. The predicted octanol–water partition coefficient (Wildman–Crippen LogP) is 2.82. The molecular weight excluding hydrogens is 440 g/mol. The zero-order valence-corrected chi connectivity index (χ0v) is 21.2. The number of carbonyl (C=O) groups excluding carboxylic acids is 2. The summed E-state index contributed by atoms with van der Waals surface area (Å²) in [5, 5.41) is 14.4. The van der Waals surface area contributed by atoms with Crippen molar-refractivity contribution in [3.05, 3.63) is 59.7 Å². The highest BCUT2D eigenvalue weighted by molar-refractivity contribution is 5.90. The summed E-state index contributed by atoms with van der Waals surface area (Å²) in [7, 11) is 3.76. The Bertz CT molecular complexity index is 1180. The van der Waals surface area contributed by atoms with E-state index in [4.69, 9.17) is 0 Å². The number of aromatic nitrogens is 3. The van der Waals surface area contributed by atoms with Gasteiger partial charge in [0.05, 0.1) is 19.0 Å². The van der Waals surface area contributed by atoms with Crippen LogP contribution in [0.25, 0.3) is 10.8 Å². The van der Waals surface area contributed by atoms with Crippen LogP contribution in [0, 0.1) is 5.92 Å². The van der Waals surface area contributed by atoms with Crippen LogP contribution in [-0.2, 0) is 29.0 Å².